The molecule has 2 aromatic heterocycles. The molecule has 9 heteroatoms. The first-order valence-corrected chi connectivity index (χ1v) is 12.8. The maximum Gasteiger partial charge on any atom is 0.331 e. The number of piperidine rings is 1. The summed E-state index contributed by atoms with van der Waals surface area (Å²) in [4.78, 5) is 55.0. The second-order valence-corrected chi connectivity index (χ2v) is 10.0. The summed E-state index contributed by atoms with van der Waals surface area (Å²) in [5.74, 6) is -0.00694. The lowest BCUT2D eigenvalue weighted by Crippen LogP contribution is -2.50. The van der Waals surface area contributed by atoms with Gasteiger partial charge in [0, 0.05) is 38.9 Å². The van der Waals surface area contributed by atoms with Crippen LogP contribution in [-0.2, 0) is 36.0 Å². The smallest absolute Gasteiger partial charge is 0.331 e. The Morgan fingerprint density at radius 2 is 1.77 bits per heavy atom. The zero-order valence-corrected chi connectivity index (χ0v) is 20.5. The van der Waals surface area contributed by atoms with Crippen LogP contribution in [0.15, 0.2) is 56.9 Å². The van der Waals surface area contributed by atoms with Crippen LogP contribution in [-0.4, -0.2) is 56.4 Å². The highest BCUT2D eigenvalue weighted by Crippen LogP contribution is 2.23. The fraction of sp³-hybridized carbons (Fsp3) is 0.385. The van der Waals surface area contributed by atoms with Crippen molar-refractivity contribution in [3.05, 3.63) is 79.3 Å². The van der Waals surface area contributed by atoms with E-state index in [-0.39, 0.29) is 30.0 Å². The van der Waals surface area contributed by atoms with Gasteiger partial charge in [0.2, 0.25) is 11.8 Å². The van der Waals surface area contributed by atoms with Gasteiger partial charge in [-0.05, 0) is 52.8 Å². The summed E-state index contributed by atoms with van der Waals surface area (Å²) in [7, 11) is 1.43. The van der Waals surface area contributed by atoms with Crippen LogP contribution in [0.4, 0.5) is 0 Å². The number of likely N-dealkylation sites (tertiary alicyclic amines) is 1. The number of nitrogens with zero attached hydrogens (tertiary/aromatic N) is 4. The minimum absolute atomic E-state index is 0.117. The van der Waals surface area contributed by atoms with Gasteiger partial charge in [-0.3, -0.25) is 23.5 Å². The molecular formula is C26H28N4O4S. The summed E-state index contributed by atoms with van der Waals surface area (Å²) in [5, 5.41) is 3.72. The molecule has 1 fully saturated rings. The van der Waals surface area contributed by atoms with Gasteiger partial charge in [0.05, 0.1) is 12.0 Å². The maximum atomic E-state index is 13.1. The Bertz CT molecular complexity index is 1370. The van der Waals surface area contributed by atoms with E-state index < -0.39 is 5.69 Å². The van der Waals surface area contributed by atoms with Gasteiger partial charge < -0.3 is 9.80 Å². The number of hydrogen-bond donors (Lipinski definition) is 0. The van der Waals surface area contributed by atoms with E-state index in [0.717, 1.165) is 35.0 Å². The Kier molecular flexibility index (Phi) is 6.42. The zero-order chi connectivity index (χ0) is 24.5. The minimum atomic E-state index is -0.507. The number of carbonyl (C=O) groups is 2. The quantitative estimate of drug-likeness (QED) is 0.557. The third-order valence-corrected chi connectivity index (χ3v) is 7.83. The molecule has 0 aliphatic carbocycles. The average Bonchev–Trinajstić information content (AvgIpc) is 3.34. The molecule has 0 unspecified atom stereocenters. The SMILES string of the molecule is Cn1c(=O)c(-c2ccsc2)cn(CC(=O)N2CCC(N3CCc4ccccc4CC3=O)CC2)c1=O. The zero-order valence-electron chi connectivity index (χ0n) is 19.7. The highest BCUT2D eigenvalue weighted by molar-refractivity contribution is 7.08. The van der Waals surface area contributed by atoms with Gasteiger partial charge in [0.25, 0.3) is 5.56 Å². The molecule has 0 atom stereocenters. The fourth-order valence-electron chi connectivity index (χ4n) is 5.12. The fourth-order valence-corrected chi connectivity index (χ4v) is 5.77. The van der Waals surface area contributed by atoms with Crippen molar-refractivity contribution in [2.24, 2.45) is 7.05 Å². The Morgan fingerprint density at radius 1 is 1.03 bits per heavy atom. The third kappa shape index (κ3) is 4.60. The van der Waals surface area contributed by atoms with Gasteiger partial charge in [-0.15, -0.1) is 0 Å². The molecule has 3 aromatic rings. The maximum absolute atomic E-state index is 13.1. The van der Waals surface area contributed by atoms with Crippen LogP contribution in [0.3, 0.4) is 0 Å². The minimum Gasteiger partial charge on any atom is -0.341 e. The number of amides is 2. The van der Waals surface area contributed by atoms with Crippen LogP contribution in [0.1, 0.15) is 24.0 Å². The number of fused-ring (bicyclic) bond motifs is 1. The van der Waals surface area contributed by atoms with Crippen LogP contribution in [0, 0.1) is 0 Å². The normalized spacial score (nSPS) is 16.8. The summed E-state index contributed by atoms with van der Waals surface area (Å²) in [5.41, 5.74) is 2.61. The Morgan fingerprint density at radius 3 is 2.49 bits per heavy atom. The van der Waals surface area contributed by atoms with Crippen LogP contribution in [0.2, 0.25) is 0 Å². The third-order valence-electron chi connectivity index (χ3n) is 7.15. The highest BCUT2D eigenvalue weighted by Gasteiger charge is 2.31. The van der Waals surface area contributed by atoms with Crippen LogP contribution < -0.4 is 11.2 Å². The van der Waals surface area contributed by atoms with E-state index in [9.17, 15) is 19.2 Å². The van der Waals surface area contributed by atoms with Gasteiger partial charge in [-0.25, -0.2) is 4.79 Å². The first-order valence-electron chi connectivity index (χ1n) is 11.9. The monoisotopic (exact) mass is 492 g/mol. The van der Waals surface area contributed by atoms with Gasteiger partial charge in [0.15, 0.2) is 0 Å². The molecule has 182 valence electrons. The van der Waals surface area contributed by atoms with Crippen LogP contribution in [0.25, 0.3) is 11.1 Å². The molecule has 0 N–H and O–H groups in total. The first-order chi connectivity index (χ1) is 16.9. The molecule has 2 aliphatic heterocycles. The number of hydrogen-bond acceptors (Lipinski definition) is 5. The largest absolute Gasteiger partial charge is 0.341 e. The number of carbonyl (C=O) groups excluding carboxylic acids is 2. The molecule has 1 saturated heterocycles. The van der Waals surface area contributed by atoms with Gasteiger partial charge in [0.1, 0.15) is 6.54 Å². The Hall–Kier alpha value is -3.46. The lowest BCUT2D eigenvalue weighted by molar-refractivity contribution is -0.136. The lowest BCUT2D eigenvalue weighted by Gasteiger charge is -2.38. The Labute approximate surface area is 207 Å². The molecule has 1 aromatic carbocycles. The van der Waals surface area contributed by atoms with E-state index >= 15 is 0 Å². The Balaban J connectivity index is 1.25. The molecule has 0 bridgehead atoms. The molecule has 4 heterocycles. The molecule has 2 amide bonds. The molecular weight excluding hydrogens is 464 g/mol. The summed E-state index contributed by atoms with van der Waals surface area (Å²) in [6.45, 7) is 1.66. The van der Waals surface area contributed by atoms with Crippen molar-refractivity contribution in [3.8, 4) is 11.1 Å². The summed E-state index contributed by atoms with van der Waals surface area (Å²) in [6, 6.07) is 10.1. The van der Waals surface area contributed by atoms with Crippen LogP contribution in [0.5, 0.6) is 0 Å². The molecule has 2 aliphatic rings. The molecule has 0 saturated carbocycles. The van der Waals surface area contributed by atoms with E-state index in [1.165, 1.54) is 34.7 Å². The van der Waals surface area contributed by atoms with Crippen molar-refractivity contribution < 1.29 is 9.59 Å². The number of thiophene rings is 1. The van der Waals surface area contributed by atoms with Crippen molar-refractivity contribution in [3.63, 3.8) is 0 Å². The van der Waals surface area contributed by atoms with Crippen molar-refractivity contribution >= 4 is 23.2 Å². The number of aromatic nitrogens is 2. The lowest BCUT2D eigenvalue weighted by atomic mass is 10.0. The summed E-state index contributed by atoms with van der Waals surface area (Å²) >= 11 is 1.47. The first kappa shape index (κ1) is 23.3. The predicted octanol–water partition coefficient (Wildman–Crippen LogP) is 1.89. The summed E-state index contributed by atoms with van der Waals surface area (Å²) in [6.07, 6.45) is 4.21. The van der Waals surface area contributed by atoms with Crippen molar-refractivity contribution in [2.75, 3.05) is 19.6 Å². The molecule has 5 rings (SSSR count). The van der Waals surface area contributed by atoms with E-state index in [4.69, 9.17) is 0 Å². The van der Waals surface area contributed by atoms with Crippen molar-refractivity contribution in [1.82, 2.24) is 18.9 Å². The second kappa shape index (κ2) is 9.65. The van der Waals surface area contributed by atoms with E-state index in [1.54, 1.807) is 4.90 Å². The van der Waals surface area contributed by atoms with Crippen LogP contribution >= 0.6 is 11.3 Å². The molecule has 0 spiro atoms. The molecule has 0 radical (unpaired) electrons. The second-order valence-electron chi connectivity index (χ2n) is 9.22. The number of rotatable bonds is 4. The van der Waals surface area contributed by atoms with Gasteiger partial charge in [-0.2, -0.15) is 11.3 Å². The topological polar surface area (TPSA) is 84.6 Å². The molecule has 35 heavy (non-hydrogen) atoms. The van der Waals surface area contributed by atoms with Crippen molar-refractivity contribution in [2.45, 2.75) is 38.3 Å². The molecule has 8 nitrogen and oxygen atoms in total. The number of benzene rings is 1. The summed E-state index contributed by atoms with van der Waals surface area (Å²) < 4.78 is 2.37. The average molecular weight is 493 g/mol. The van der Waals surface area contributed by atoms with E-state index in [2.05, 4.69) is 6.07 Å². The van der Waals surface area contributed by atoms with E-state index in [1.807, 2.05) is 39.9 Å². The van der Waals surface area contributed by atoms with Gasteiger partial charge in [-0.1, -0.05) is 24.3 Å². The highest BCUT2D eigenvalue weighted by atomic mass is 32.1. The van der Waals surface area contributed by atoms with Crippen molar-refractivity contribution in [1.29, 1.82) is 0 Å². The van der Waals surface area contributed by atoms with E-state index in [0.29, 0.717) is 31.6 Å². The standard InChI is InChI=1S/C26H28N4O4S/c1-27-25(33)22(20-9-13-35-17-20)15-29(26(27)34)16-24(32)28-10-7-21(8-11-28)30-12-6-18-4-2-3-5-19(18)14-23(30)31/h2-5,9,13,15,17,21H,6-8,10-12,14,16H2,1H3. The van der Waals surface area contributed by atoms with Gasteiger partial charge >= 0.3 is 5.69 Å². The predicted molar refractivity (Wildman–Crippen MR) is 134 cm³/mol.